The van der Waals surface area contributed by atoms with Crippen molar-refractivity contribution in [2.24, 2.45) is 11.8 Å². The van der Waals surface area contributed by atoms with Gasteiger partial charge in [0, 0.05) is 0 Å². The van der Waals surface area contributed by atoms with Crippen molar-refractivity contribution in [2.45, 2.75) is 74.7 Å². The van der Waals surface area contributed by atoms with Crippen LogP contribution >= 0.6 is 0 Å². The Labute approximate surface area is 87.1 Å². The summed E-state index contributed by atoms with van der Waals surface area (Å²) in [6.07, 6.45) is 5.90. The third kappa shape index (κ3) is 9.92. The van der Waals surface area contributed by atoms with Gasteiger partial charge in [-0.1, -0.05) is 74.7 Å². The van der Waals surface area contributed by atoms with Crippen LogP contribution in [0.15, 0.2) is 0 Å². The molecule has 0 heteroatoms. The molecule has 0 spiro atoms. The highest BCUT2D eigenvalue weighted by atomic mass is 14.2. The molecule has 1 aliphatic carbocycles. The highest BCUT2D eigenvalue weighted by molar-refractivity contribution is 4.67. The topological polar surface area (TPSA) is 0 Å². The van der Waals surface area contributed by atoms with E-state index in [1.54, 1.807) is 0 Å². The van der Waals surface area contributed by atoms with E-state index in [9.17, 15) is 0 Å². The normalized spacial score (nSPS) is 25.4. The minimum Gasteiger partial charge on any atom is -0.0776 e. The Bertz CT molecular complexity index is 56.4. The largest absolute Gasteiger partial charge is 0.0776 e. The summed E-state index contributed by atoms with van der Waals surface area (Å²) in [4.78, 5) is 0. The van der Waals surface area contributed by atoms with Gasteiger partial charge in [-0.05, 0) is 11.8 Å². The molecule has 0 aromatic heterocycles. The molecule has 0 aromatic rings. The quantitative estimate of drug-likeness (QED) is 0.469. The molecule has 1 rings (SSSR count). The zero-order valence-electron chi connectivity index (χ0n) is 9.98. The summed E-state index contributed by atoms with van der Waals surface area (Å²) in [5, 5.41) is 0. The van der Waals surface area contributed by atoms with Crippen LogP contribution in [0, 0.1) is 11.8 Å². The predicted octanol–water partition coefficient (Wildman–Crippen LogP) is 5.52. The first-order chi connectivity index (χ1) is 5.80. The van der Waals surface area contributed by atoms with Gasteiger partial charge in [-0.15, -0.1) is 0 Å². The Morgan fingerprint density at radius 3 is 1.08 bits per heavy atom. The van der Waals surface area contributed by atoms with E-state index in [1.807, 2.05) is 27.7 Å². The van der Waals surface area contributed by atoms with Crippen LogP contribution in [0.5, 0.6) is 0 Å². The third-order valence-corrected chi connectivity index (χ3v) is 2.54. The molecule has 0 saturated heterocycles. The molecule has 13 heavy (non-hydrogen) atoms. The van der Waals surface area contributed by atoms with Gasteiger partial charge in [-0.3, -0.25) is 0 Å². The summed E-state index contributed by atoms with van der Waals surface area (Å²) in [6, 6.07) is 0. The van der Waals surface area contributed by atoms with Crippen LogP contribution in [0.4, 0.5) is 0 Å². The van der Waals surface area contributed by atoms with Crippen molar-refractivity contribution < 1.29 is 0 Å². The molecule has 0 amide bonds. The Morgan fingerprint density at radius 1 is 0.692 bits per heavy atom. The molecule has 0 bridgehead atoms. The van der Waals surface area contributed by atoms with E-state index < -0.39 is 0 Å². The molecule has 2 atom stereocenters. The highest BCUT2D eigenvalue weighted by Crippen LogP contribution is 2.28. The lowest BCUT2D eigenvalue weighted by Gasteiger charge is -2.24. The summed E-state index contributed by atoms with van der Waals surface area (Å²) >= 11 is 0. The molecule has 0 heterocycles. The highest BCUT2D eigenvalue weighted by Gasteiger charge is 2.15. The second-order valence-corrected chi connectivity index (χ2v) is 3.24. The minimum atomic E-state index is 0. The standard InChI is InChI=1S/C8H16.2C2H6.CH4/c1-7-5-3-4-6-8(7)2;2*1-2;/h7-8H,3-6H2,1-2H3;2*1-2H3;1H4/t7-,8+;;;. The van der Waals surface area contributed by atoms with E-state index in [4.69, 9.17) is 0 Å². The zero-order valence-corrected chi connectivity index (χ0v) is 9.98. The molecule has 1 fully saturated rings. The van der Waals surface area contributed by atoms with Crippen molar-refractivity contribution in [3.63, 3.8) is 0 Å². The molecule has 1 aliphatic rings. The molecular formula is C13H32. The fourth-order valence-corrected chi connectivity index (χ4v) is 1.50. The van der Waals surface area contributed by atoms with Gasteiger partial charge >= 0.3 is 0 Å². The van der Waals surface area contributed by atoms with Gasteiger partial charge in [0.05, 0.1) is 0 Å². The van der Waals surface area contributed by atoms with E-state index in [-0.39, 0.29) is 7.43 Å². The molecule has 0 unspecified atom stereocenters. The Morgan fingerprint density at radius 2 is 0.923 bits per heavy atom. The van der Waals surface area contributed by atoms with Crippen LogP contribution in [0.3, 0.4) is 0 Å². The first-order valence-corrected chi connectivity index (χ1v) is 5.80. The van der Waals surface area contributed by atoms with Crippen LogP contribution in [0.25, 0.3) is 0 Å². The third-order valence-electron chi connectivity index (χ3n) is 2.54. The summed E-state index contributed by atoms with van der Waals surface area (Å²) in [7, 11) is 0. The van der Waals surface area contributed by atoms with Gasteiger partial charge < -0.3 is 0 Å². The molecule has 1 saturated carbocycles. The Kier molecular flexibility index (Phi) is 20.9. The lowest BCUT2D eigenvalue weighted by molar-refractivity contribution is 0.277. The molecule has 0 N–H and O–H groups in total. The van der Waals surface area contributed by atoms with Crippen molar-refractivity contribution in [3.8, 4) is 0 Å². The first-order valence-electron chi connectivity index (χ1n) is 5.80. The van der Waals surface area contributed by atoms with E-state index >= 15 is 0 Å². The molecule has 0 aliphatic heterocycles. The van der Waals surface area contributed by atoms with Crippen molar-refractivity contribution in [2.75, 3.05) is 0 Å². The smallest absolute Gasteiger partial charge is 0.0417 e. The van der Waals surface area contributed by atoms with Gasteiger partial charge in [0.15, 0.2) is 0 Å². The van der Waals surface area contributed by atoms with Crippen molar-refractivity contribution in [1.82, 2.24) is 0 Å². The van der Waals surface area contributed by atoms with Crippen LogP contribution in [0.2, 0.25) is 0 Å². The maximum absolute atomic E-state index is 2.38. The van der Waals surface area contributed by atoms with E-state index in [1.165, 1.54) is 25.7 Å². The molecule has 0 aromatic carbocycles. The lowest BCUT2D eigenvalue weighted by atomic mass is 9.82. The van der Waals surface area contributed by atoms with Crippen molar-refractivity contribution in [3.05, 3.63) is 0 Å². The first kappa shape index (κ1) is 18.7. The van der Waals surface area contributed by atoms with Gasteiger partial charge in [0.1, 0.15) is 0 Å². The molecule has 0 nitrogen and oxygen atoms in total. The van der Waals surface area contributed by atoms with E-state index in [0.717, 1.165) is 11.8 Å². The van der Waals surface area contributed by atoms with Crippen molar-refractivity contribution in [1.29, 1.82) is 0 Å². The molecular weight excluding hydrogens is 156 g/mol. The Balaban J connectivity index is -0.000000178. The van der Waals surface area contributed by atoms with Crippen molar-refractivity contribution >= 4 is 0 Å². The second-order valence-electron chi connectivity index (χ2n) is 3.24. The van der Waals surface area contributed by atoms with Crippen LogP contribution in [-0.2, 0) is 0 Å². The van der Waals surface area contributed by atoms with Gasteiger partial charge in [0.25, 0.3) is 0 Å². The maximum Gasteiger partial charge on any atom is -0.0417 e. The Hall–Kier alpha value is 0. The predicted molar refractivity (Wildman–Crippen MR) is 66.2 cm³/mol. The van der Waals surface area contributed by atoms with Gasteiger partial charge in [0.2, 0.25) is 0 Å². The fraction of sp³-hybridized carbons (Fsp3) is 1.00. The average molecular weight is 188 g/mol. The number of hydrogen-bond acceptors (Lipinski definition) is 0. The average Bonchev–Trinajstić information content (AvgIpc) is 2.17. The summed E-state index contributed by atoms with van der Waals surface area (Å²) in [5.74, 6) is 2.01. The number of hydrogen-bond donors (Lipinski definition) is 0. The van der Waals surface area contributed by atoms with Crippen LogP contribution in [0.1, 0.15) is 74.7 Å². The van der Waals surface area contributed by atoms with Gasteiger partial charge in [-0.2, -0.15) is 0 Å². The minimum absolute atomic E-state index is 0. The second kappa shape index (κ2) is 14.5. The van der Waals surface area contributed by atoms with Crippen LogP contribution < -0.4 is 0 Å². The van der Waals surface area contributed by atoms with E-state index in [2.05, 4.69) is 13.8 Å². The van der Waals surface area contributed by atoms with Crippen LogP contribution in [-0.4, -0.2) is 0 Å². The van der Waals surface area contributed by atoms with Gasteiger partial charge in [-0.25, -0.2) is 0 Å². The maximum atomic E-state index is 2.38. The lowest BCUT2D eigenvalue weighted by Crippen LogP contribution is -2.12. The fourth-order valence-electron chi connectivity index (χ4n) is 1.50. The summed E-state index contributed by atoms with van der Waals surface area (Å²) < 4.78 is 0. The summed E-state index contributed by atoms with van der Waals surface area (Å²) in [6.45, 7) is 12.8. The van der Waals surface area contributed by atoms with E-state index in [0.29, 0.717) is 0 Å². The molecule has 0 radical (unpaired) electrons. The summed E-state index contributed by atoms with van der Waals surface area (Å²) in [5.41, 5.74) is 0. The number of rotatable bonds is 0. The molecule has 84 valence electrons. The monoisotopic (exact) mass is 188 g/mol. The SMILES string of the molecule is C.CC.CC.C[C@@H]1CCCC[C@@H]1C. The zero-order chi connectivity index (χ0) is 9.98.